The van der Waals surface area contributed by atoms with E-state index in [4.69, 9.17) is 5.73 Å². The predicted octanol–water partition coefficient (Wildman–Crippen LogP) is 1.11. The monoisotopic (exact) mass is 357 g/mol. The molecule has 0 fully saturated rings. The summed E-state index contributed by atoms with van der Waals surface area (Å²) in [4.78, 5) is 52.9. The van der Waals surface area contributed by atoms with Crippen molar-refractivity contribution >= 4 is 34.6 Å². The molecule has 1 aromatic heterocycles. The highest BCUT2D eigenvalue weighted by Crippen LogP contribution is 2.14. The van der Waals surface area contributed by atoms with Crippen LogP contribution < -0.4 is 5.73 Å². The third-order valence-corrected chi connectivity index (χ3v) is 3.99. The fourth-order valence-corrected chi connectivity index (χ4v) is 2.60. The minimum atomic E-state index is -0.867. The second-order valence-electron chi connectivity index (χ2n) is 4.79. The molecule has 0 bridgehead atoms. The van der Waals surface area contributed by atoms with Gasteiger partial charge in [0.2, 0.25) is 16.9 Å². The number of thioether (sulfide) groups is 1. The quantitative estimate of drug-likeness (QED) is 0.853. The van der Waals surface area contributed by atoms with Gasteiger partial charge >= 0.3 is 0 Å². The van der Waals surface area contributed by atoms with Crippen LogP contribution in [0.4, 0.5) is 0 Å². The highest BCUT2D eigenvalue weighted by Gasteiger charge is 2.29. The molecule has 0 saturated heterocycles. The molecule has 0 aliphatic rings. The lowest BCUT2D eigenvalue weighted by atomic mass is 10.2. The highest BCUT2D eigenvalue weighted by molar-refractivity contribution is 8.14. The predicted molar refractivity (Wildman–Crippen MR) is 92.7 cm³/mol. The van der Waals surface area contributed by atoms with Gasteiger partial charge in [0.05, 0.1) is 12.3 Å². The Morgan fingerprint density at radius 3 is 2.24 bits per heavy atom. The zero-order valence-corrected chi connectivity index (χ0v) is 13.9. The number of pyridine rings is 1. The summed E-state index contributed by atoms with van der Waals surface area (Å²) >= 11 is 0.711. The number of amides is 3. The van der Waals surface area contributed by atoms with Gasteiger partial charge in [0.15, 0.2) is 0 Å². The molecular formula is C17H15N3O4S. The van der Waals surface area contributed by atoms with Gasteiger partial charge in [-0.2, -0.15) is 0 Å². The smallest absolute Gasteiger partial charge is 0.285 e. The molecule has 0 saturated carbocycles. The van der Waals surface area contributed by atoms with Gasteiger partial charge in [-0.1, -0.05) is 48.2 Å². The van der Waals surface area contributed by atoms with Gasteiger partial charge in [0.1, 0.15) is 5.69 Å². The molecule has 3 amide bonds. The number of carbonyl (C=O) groups excluding carboxylic acids is 4. The van der Waals surface area contributed by atoms with E-state index in [1.807, 2.05) is 0 Å². The van der Waals surface area contributed by atoms with Crippen LogP contribution in [-0.2, 0) is 9.59 Å². The van der Waals surface area contributed by atoms with Crippen LogP contribution in [0.25, 0.3) is 0 Å². The minimum Gasteiger partial charge on any atom is -0.322 e. The Balaban J connectivity index is 2.10. The molecule has 1 aromatic carbocycles. The van der Waals surface area contributed by atoms with Gasteiger partial charge in [-0.05, 0) is 12.1 Å². The fraction of sp³-hybridized carbons (Fsp3) is 0.118. The van der Waals surface area contributed by atoms with Crippen LogP contribution in [-0.4, -0.2) is 45.0 Å². The molecule has 0 radical (unpaired) electrons. The van der Waals surface area contributed by atoms with E-state index in [-0.39, 0.29) is 16.6 Å². The van der Waals surface area contributed by atoms with Gasteiger partial charge in [-0.25, -0.2) is 4.90 Å². The molecule has 8 heteroatoms. The molecule has 0 aliphatic heterocycles. The van der Waals surface area contributed by atoms with Crippen molar-refractivity contribution in [2.45, 2.75) is 0 Å². The van der Waals surface area contributed by atoms with Gasteiger partial charge in [-0.15, -0.1) is 0 Å². The van der Waals surface area contributed by atoms with E-state index in [1.165, 1.54) is 12.3 Å². The standard InChI is InChI=1S/C17H15N3O4S/c18-10-14(21)20(16(23)13-8-4-5-9-19-13)15(22)11-25-17(24)12-6-2-1-3-7-12/h1-9H,10-11,18H2. The van der Waals surface area contributed by atoms with Crippen molar-refractivity contribution in [2.75, 3.05) is 12.3 Å². The van der Waals surface area contributed by atoms with E-state index in [9.17, 15) is 19.2 Å². The Morgan fingerprint density at radius 2 is 1.64 bits per heavy atom. The molecule has 7 nitrogen and oxygen atoms in total. The molecular weight excluding hydrogens is 342 g/mol. The Labute approximate surface area is 148 Å². The summed E-state index contributed by atoms with van der Waals surface area (Å²) in [6.07, 6.45) is 1.37. The third kappa shape index (κ3) is 4.82. The first kappa shape index (κ1) is 18.5. The molecule has 128 valence electrons. The maximum atomic E-state index is 12.4. The molecule has 0 unspecified atom stereocenters. The summed E-state index contributed by atoms with van der Waals surface area (Å²) in [6.45, 7) is -0.512. The number of carbonyl (C=O) groups is 4. The molecule has 25 heavy (non-hydrogen) atoms. The van der Waals surface area contributed by atoms with Gasteiger partial charge < -0.3 is 5.73 Å². The number of rotatable bonds is 5. The van der Waals surface area contributed by atoms with Gasteiger partial charge in [-0.3, -0.25) is 24.2 Å². The number of imide groups is 3. The van der Waals surface area contributed by atoms with Crippen LogP contribution in [0, 0.1) is 0 Å². The number of nitrogens with zero attached hydrogens (tertiary/aromatic N) is 2. The van der Waals surface area contributed by atoms with Crippen LogP contribution in [0.3, 0.4) is 0 Å². The average Bonchev–Trinajstić information content (AvgIpc) is 2.67. The van der Waals surface area contributed by atoms with Gasteiger partial charge in [0, 0.05) is 11.8 Å². The first-order valence-corrected chi connectivity index (χ1v) is 8.26. The summed E-state index contributed by atoms with van der Waals surface area (Å²) in [7, 11) is 0. The van der Waals surface area contributed by atoms with Crippen molar-refractivity contribution < 1.29 is 19.2 Å². The number of hydrogen-bond donors (Lipinski definition) is 1. The lowest BCUT2D eigenvalue weighted by molar-refractivity contribution is -0.138. The second kappa shape index (κ2) is 8.86. The van der Waals surface area contributed by atoms with Crippen molar-refractivity contribution in [1.29, 1.82) is 0 Å². The van der Waals surface area contributed by atoms with Crippen molar-refractivity contribution in [2.24, 2.45) is 5.73 Å². The lowest BCUT2D eigenvalue weighted by Crippen LogP contribution is -2.46. The topological polar surface area (TPSA) is 110 Å². The normalized spacial score (nSPS) is 10.1. The summed E-state index contributed by atoms with van der Waals surface area (Å²) in [5.74, 6) is -2.90. The van der Waals surface area contributed by atoms with Gasteiger partial charge in [0.25, 0.3) is 5.91 Å². The highest BCUT2D eigenvalue weighted by atomic mass is 32.2. The maximum Gasteiger partial charge on any atom is 0.285 e. The van der Waals surface area contributed by atoms with Crippen LogP contribution in [0.2, 0.25) is 0 Å². The largest absolute Gasteiger partial charge is 0.322 e. The molecule has 2 N–H and O–H groups in total. The van der Waals surface area contributed by atoms with E-state index in [0.717, 1.165) is 0 Å². The molecule has 1 heterocycles. The number of aromatic nitrogens is 1. The number of benzene rings is 1. The van der Waals surface area contributed by atoms with Crippen molar-refractivity contribution in [3.63, 3.8) is 0 Å². The Hall–Kier alpha value is -2.84. The second-order valence-corrected chi connectivity index (χ2v) is 5.74. The van der Waals surface area contributed by atoms with Crippen LogP contribution in [0.5, 0.6) is 0 Å². The molecule has 0 atom stereocenters. The zero-order valence-electron chi connectivity index (χ0n) is 13.1. The fourth-order valence-electron chi connectivity index (χ4n) is 1.91. The van der Waals surface area contributed by atoms with Crippen LogP contribution in [0.1, 0.15) is 20.8 Å². The number of hydrogen-bond acceptors (Lipinski definition) is 7. The van der Waals surface area contributed by atoms with Crippen LogP contribution >= 0.6 is 11.8 Å². The summed E-state index contributed by atoms with van der Waals surface area (Å²) in [5, 5.41) is -0.334. The third-order valence-electron chi connectivity index (χ3n) is 3.10. The van der Waals surface area contributed by atoms with E-state index < -0.39 is 24.3 Å². The molecule has 2 rings (SSSR count). The Kier molecular flexibility index (Phi) is 6.55. The summed E-state index contributed by atoms with van der Waals surface area (Å²) in [5.41, 5.74) is 5.65. The number of nitrogens with two attached hydrogens (primary N) is 1. The molecule has 2 aromatic rings. The van der Waals surface area contributed by atoms with E-state index in [2.05, 4.69) is 4.98 Å². The van der Waals surface area contributed by atoms with Crippen LogP contribution in [0.15, 0.2) is 54.7 Å². The summed E-state index contributed by atoms with van der Waals surface area (Å²) in [6, 6.07) is 12.9. The maximum absolute atomic E-state index is 12.4. The lowest BCUT2D eigenvalue weighted by Gasteiger charge is -2.17. The van der Waals surface area contributed by atoms with Crippen molar-refractivity contribution in [3.05, 3.63) is 66.0 Å². The van der Waals surface area contributed by atoms with E-state index in [1.54, 1.807) is 42.5 Å². The Morgan fingerprint density at radius 1 is 0.960 bits per heavy atom. The first-order valence-electron chi connectivity index (χ1n) is 7.28. The Bertz CT molecular complexity index is 781. The minimum absolute atomic E-state index is 0.0583. The van der Waals surface area contributed by atoms with E-state index in [0.29, 0.717) is 22.2 Å². The van der Waals surface area contributed by atoms with Crippen molar-refractivity contribution in [3.8, 4) is 0 Å². The summed E-state index contributed by atoms with van der Waals surface area (Å²) < 4.78 is 0. The molecule has 0 spiro atoms. The SMILES string of the molecule is NCC(=O)N(C(=O)CSC(=O)c1ccccc1)C(=O)c1ccccn1. The zero-order chi connectivity index (χ0) is 18.2. The van der Waals surface area contributed by atoms with E-state index >= 15 is 0 Å². The first-order chi connectivity index (χ1) is 12.0. The van der Waals surface area contributed by atoms with Crippen molar-refractivity contribution in [1.82, 2.24) is 9.88 Å². The molecule has 0 aliphatic carbocycles. The average molecular weight is 357 g/mol.